The smallest absolute Gasteiger partial charge is 0.270 e. The summed E-state index contributed by atoms with van der Waals surface area (Å²) in [6.07, 6.45) is 3.54. The molecule has 3 aromatic rings. The molecule has 1 saturated carbocycles. The van der Waals surface area contributed by atoms with Crippen LogP contribution in [-0.4, -0.2) is 9.49 Å². The zero-order valence-electron chi connectivity index (χ0n) is 18.5. The maximum absolute atomic E-state index is 11.4. The van der Waals surface area contributed by atoms with Gasteiger partial charge >= 0.3 is 0 Å². The second-order valence-corrected chi connectivity index (χ2v) is 9.65. The van der Waals surface area contributed by atoms with Crippen LogP contribution in [0.1, 0.15) is 50.3 Å². The summed E-state index contributed by atoms with van der Waals surface area (Å²) in [5.74, 6) is 1.15. The number of aromatic nitrogens is 1. The maximum Gasteiger partial charge on any atom is 0.270 e. The van der Waals surface area contributed by atoms with E-state index in [4.69, 9.17) is 4.99 Å². The second kappa shape index (κ2) is 8.79. The van der Waals surface area contributed by atoms with Gasteiger partial charge in [0, 0.05) is 29.1 Å². The molecule has 0 spiro atoms. The number of nitrogens with zero attached hydrogens (tertiary/aromatic N) is 3. The monoisotopic (exact) mass is 435 g/mol. The summed E-state index contributed by atoms with van der Waals surface area (Å²) >= 11 is 1.62. The van der Waals surface area contributed by atoms with Gasteiger partial charge in [0.05, 0.1) is 16.3 Å². The molecule has 1 aliphatic rings. The quantitative estimate of drug-likeness (QED) is 0.328. The van der Waals surface area contributed by atoms with E-state index in [0.29, 0.717) is 17.9 Å². The summed E-state index contributed by atoms with van der Waals surface area (Å²) in [7, 11) is 0. The fourth-order valence-electron chi connectivity index (χ4n) is 4.66. The summed E-state index contributed by atoms with van der Waals surface area (Å²) in [5, 5.41) is 13.5. The van der Waals surface area contributed by atoms with Crippen molar-refractivity contribution in [2.75, 3.05) is 0 Å². The summed E-state index contributed by atoms with van der Waals surface area (Å²) in [5.41, 5.74) is 5.36. The van der Waals surface area contributed by atoms with Gasteiger partial charge in [-0.15, -0.1) is 11.3 Å². The normalized spacial score (nSPS) is 21.9. The minimum atomic E-state index is -0.327. The van der Waals surface area contributed by atoms with E-state index in [2.05, 4.69) is 55.8 Å². The second-order valence-electron chi connectivity index (χ2n) is 8.82. The Labute approximate surface area is 187 Å². The van der Waals surface area contributed by atoms with Gasteiger partial charge in [0.25, 0.3) is 5.69 Å². The minimum Gasteiger partial charge on any atom is -0.313 e. The van der Waals surface area contributed by atoms with E-state index in [1.165, 1.54) is 18.4 Å². The van der Waals surface area contributed by atoms with Gasteiger partial charge in [-0.05, 0) is 43.7 Å². The fourth-order valence-corrected chi connectivity index (χ4v) is 5.63. The van der Waals surface area contributed by atoms with Crippen LogP contribution < -0.4 is 4.80 Å². The number of hydrogen-bond donors (Lipinski definition) is 0. The van der Waals surface area contributed by atoms with Crippen molar-refractivity contribution in [1.82, 2.24) is 4.57 Å². The molecule has 0 aliphatic heterocycles. The highest BCUT2D eigenvalue weighted by Gasteiger charge is 2.30. The molecule has 1 aliphatic carbocycles. The molecule has 2 aromatic carbocycles. The molecule has 3 atom stereocenters. The lowest BCUT2D eigenvalue weighted by molar-refractivity contribution is -0.384. The summed E-state index contributed by atoms with van der Waals surface area (Å²) in [6, 6.07) is 13.6. The van der Waals surface area contributed by atoms with Gasteiger partial charge < -0.3 is 4.57 Å². The molecular weight excluding hydrogens is 406 g/mol. The highest BCUT2D eigenvalue weighted by atomic mass is 32.1. The summed E-state index contributed by atoms with van der Waals surface area (Å²) in [6.45, 7) is 8.85. The molecule has 1 heterocycles. The van der Waals surface area contributed by atoms with Crippen molar-refractivity contribution in [2.24, 2.45) is 16.8 Å². The molecule has 31 heavy (non-hydrogen) atoms. The number of hydrogen-bond acceptors (Lipinski definition) is 4. The van der Waals surface area contributed by atoms with Crippen LogP contribution in [-0.2, 0) is 0 Å². The highest BCUT2D eigenvalue weighted by molar-refractivity contribution is 7.07. The molecule has 4 rings (SSSR count). The SMILES string of the molecule is Cc1ccc(N=c2scc(-c3cccc([N+](=O)[O-])c3)n2C2CCCC(C)C2C)c(C)c1. The molecule has 0 N–H and O–H groups in total. The van der Waals surface area contributed by atoms with Crippen molar-refractivity contribution in [3.05, 3.63) is 73.9 Å². The third kappa shape index (κ3) is 4.35. The predicted molar refractivity (Wildman–Crippen MR) is 127 cm³/mol. The van der Waals surface area contributed by atoms with Gasteiger partial charge in [-0.2, -0.15) is 0 Å². The van der Waals surface area contributed by atoms with Gasteiger partial charge in [0.1, 0.15) is 0 Å². The van der Waals surface area contributed by atoms with Crippen LogP contribution in [0, 0.1) is 35.8 Å². The van der Waals surface area contributed by atoms with Crippen molar-refractivity contribution in [1.29, 1.82) is 0 Å². The lowest BCUT2D eigenvalue weighted by Crippen LogP contribution is -2.32. The number of non-ortho nitro benzene ring substituents is 1. The molecule has 1 aromatic heterocycles. The lowest BCUT2D eigenvalue weighted by Gasteiger charge is -2.36. The molecule has 162 valence electrons. The van der Waals surface area contributed by atoms with Gasteiger partial charge in [-0.1, -0.05) is 56.5 Å². The van der Waals surface area contributed by atoms with Gasteiger partial charge in [-0.25, -0.2) is 4.99 Å². The van der Waals surface area contributed by atoms with Crippen LogP contribution in [0.2, 0.25) is 0 Å². The number of aryl methyl sites for hydroxylation is 2. The van der Waals surface area contributed by atoms with E-state index in [0.717, 1.165) is 33.7 Å². The van der Waals surface area contributed by atoms with Crippen LogP contribution in [0.4, 0.5) is 11.4 Å². The molecule has 0 saturated heterocycles. The zero-order chi connectivity index (χ0) is 22.1. The number of nitro benzene ring substituents is 1. The zero-order valence-corrected chi connectivity index (χ0v) is 19.4. The fraction of sp³-hybridized carbons (Fsp3) is 0.400. The van der Waals surface area contributed by atoms with Crippen molar-refractivity contribution in [2.45, 2.75) is 53.0 Å². The Morgan fingerprint density at radius 3 is 2.68 bits per heavy atom. The van der Waals surface area contributed by atoms with Crippen molar-refractivity contribution in [3.63, 3.8) is 0 Å². The molecule has 0 amide bonds. The minimum absolute atomic E-state index is 0.119. The Kier molecular flexibility index (Phi) is 6.10. The first-order chi connectivity index (χ1) is 14.8. The average Bonchev–Trinajstić information content (AvgIpc) is 3.15. The van der Waals surface area contributed by atoms with E-state index >= 15 is 0 Å². The largest absolute Gasteiger partial charge is 0.313 e. The Morgan fingerprint density at radius 1 is 1.13 bits per heavy atom. The highest BCUT2D eigenvalue weighted by Crippen LogP contribution is 2.40. The van der Waals surface area contributed by atoms with Crippen molar-refractivity contribution < 1.29 is 4.92 Å². The molecule has 0 radical (unpaired) electrons. The molecular formula is C25H29N3O2S. The third-order valence-electron chi connectivity index (χ3n) is 6.66. The van der Waals surface area contributed by atoms with Crippen LogP contribution in [0.25, 0.3) is 11.3 Å². The molecule has 6 heteroatoms. The number of benzene rings is 2. The van der Waals surface area contributed by atoms with E-state index in [9.17, 15) is 10.1 Å². The van der Waals surface area contributed by atoms with Crippen LogP contribution >= 0.6 is 11.3 Å². The summed E-state index contributed by atoms with van der Waals surface area (Å²) in [4.78, 5) is 17.1. The summed E-state index contributed by atoms with van der Waals surface area (Å²) < 4.78 is 2.35. The van der Waals surface area contributed by atoms with E-state index in [1.54, 1.807) is 29.5 Å². The third-order valence-corrected chi connectivity index (χ3v) is 7.50. The average molecular weight is 436 g/mol. The Hall–Kier alpha value is -2.73. The number of rotatable bonds is 4. The van der Waals surface area contributed by atoms with Crippen LogP contribution in [0.5, 0.6) is 0 Å². The van der Waals surface area contributed by atoms with Crippen LogP contribution in [0.3, 0.4) is 0 Å². The maximum atomic E-state index is 11.4. The first-order valence-corrected chi connectivity index (χ1v) is 11.8. The predicted octanol–water partition coefficient (Wildman–Crippen LogP) is 6.97. The van der Waals surface area contributed by atoms with Crippen molar-refractivity contribution in [3.8, 4) is 11.3 Å². The van der Waals surface area contributed by atoms with E-state index in [1.807, 2.05) is 6.07 Å². The Balaban J connectivity index is 1.91. The van der Waals surface area contributed by atoms with Crippen molar-refractivity contribution >= 4 is 22.7 Å². The first kappa shape index (κ1) is 21.5. The van der Waals surface area contributed by atoms with E-state index in [-0.39, 0.29) is 10.6 Å². The topological polar surface area (TPSA) is 60.4 Å². The standard InChI is InChI=1S/C25H29N3O2S/c1-16-11-12-22(18(3)13-16)26-25-27(23-10-5-7-17(2)19(23)4)24(15-31-25)20-8-6-9-21(14-20)28(29)30/h6,8-9,11-15,17,19,23H,5,7,10H2,1-4H3. The lowest BCUT2D eigenvalue weighted by atomic mass is 9.78. The van der Waals surface area contributed by atoms with Crippen LogP contribution in [0.15, 0.2) is 52.8 Å². The van der Waals surface area contributed by atoms with Gasteiger partial charge in [0.2, 0.25) is 0 Å². The Morgan fingerprint density at radius 2 is 1.94 bits per heavy atom. The molecule has 3 unspecified atom stereocenters. The first-order valence-electron chi connectivity index (χ1n) is 10.9. The molecule has 1 fully saturated rings. The Bertz CT molecular complexity index is 1180. The molecule has 0 bridgehead atoms. The van der Waals surface area contributed by atoms with Gasteiger partial charge in [0.15, 0.2) is 4.80 Å². The number of nitro groups is 1. The van der Waals surface area contributed by atoms with Gasteiger partial charge in [-0.3, -0.25) is 10.1 Å². The number of thiazole rings is 1. The molecule has 5 nitrogen and oxygen atoms in total. The van der Waals surface area contributed by atoms with E-state index < -0.39 is 0 Å².